The molecule has 2 atom stereocenters. The minimum Gasteiger partial charge on any atom is -0.447 e. The van der Waals surface area contributed by atoms with Crippen molar-refractivity contribution in [1.29, 1.82) is 0 Å². The first kappa shape index (κ1) is 14.1. The molecule has 0 aliphatic carbocycles. The van der Waals surface area contributed by atoms with E-state index in [2.05, 4.69) is 52.6 Å². The van der Waals surface area contributed by atoms with Crippen molar-refractivity contribution in [3.05, 3.63) is 57.9 Å². The molecule has 0 bridgehead atoms. The number of carbonyl (C=O) groups is 1. The van der Waals surface area contributed by atoms with Gasteiger partial charge in [-0.25, -0.2) is 4.79 Å². The maximum Gasteiger partial charge on any atom is 0.411 e. The zero-order valence-corrected chi connectivity index (χ0v) is 14.3. The minimum atomic E-state index is -0.185. The minimum absolute atomic E-state index is 0.0488. The van der Waals surface area contributed by atoms with Crippen LogP contribution in [-0.4, -0.2) is 28.2 Å². The summed E-state index contributed by atoms with van der Waals surface area (Å²) in [6.07, 6.45) is 0.685. The second-order valence-corrected chi connectivity index (χ2v) is 7.21. The van der Waals surface area contributed by atoms with Gasteiger partial charge in [0.25, 0.3) is 0 Å². The Bertz CT molecular complexity index is 928. The van der Waals surface area contributed by atoms with Gasteiger partial charge in [0, 0.05) is 23.1 Å². The average Bonchev–Trinajstić information content (AvgIpc) is 3.32. The first-order chi connectivity index (χ1) is 11.8. The summed E-state index contributed by atoms with van der Waals surface area (Å²) in [7, 11) is 0. The van der Waals surface area contributed by atoms with Crippen molar-refractivity contribution < 1.29 is 9.53 Å². The van der Waals surface area contributed by atoms with Crippen LogP contribution in [0.15, 0.2) is 41.1 Å². The Morgan fingerprint density at radius 3 is 2.96 bits per heavy atom. The molecule has 0 N–H and O–H groups in total. The fourth-order valence-electron chi connectivity index (χ4n) is 4.32. The fraction of sp³-hybridized carbons (Fsp3) is 0.316. The van der Waals surface area contributed by atoms with E-state index in [1.54, 1.807) is 11.3 Å². The van der Waals surface area contributed by atoms with Crippen molar-refractivity contribution >= 4 is 28.3 Å². The molecule has 1 saturated heterocycles. The summed E-state index contributed by atoms with van der Waals surface area (Å²) in [5, 5.41) is 5.55. The van der Waals surface area contributed by atoms with E-state index >= 15 is 0 Å². The van der Waals surface area contributed by atoms with E-state index in [0.717, 1.165) is 13.0 Å². The van der Waals surface area contributed by atoms with E-state index in [9.17, 15) is 4.79 Å². The van der Waals surface area contributed by atoms with Crippen LogP contribution in [0.5, 0.6) is 0 Å². The summed E-state index contributed by atoms with van der Waals surface area (Å²) in [5.41, 5.74) is 5.08. The predicted octanol–water partition coefficient (Wildman–Crippen LogP) is 4.19. The Hall–Kier alpha value is -2.27. The maximum absolute atomic E-state index is 12.4. The highest BCUT2D eigenvalue weighted by molar-refractivity contribution is 7.08. The first-order valence-electron chi connectivity index (χ1n) is 8.36. The third kappa shape index (κ3) is 1.76. The number of aryl methyl sites for hydroxylation is 1. The molecular weight excluding hydrogens is 320 g/mol. The summed E-state index contributed by atoms with van der Waals surface area (Å²) in [6.45, 7) is 3.56. The van der Waals surface area contributed by atoms with Crippen molar-refractivity contribution in [1.82, 2.24) is 9.47 Å². The molecule has 5 rings (SSSR count). The Morgan fingerprint density at radius 1 is 1.29 bits per heavy atom. The molecule has 0 saturated carbocycles. The molecule has 2 aromatic heterocycles. The zero-order chi connectivity index (χ0) is 16.3. The molecule has 0 radical (unpaired) electrons. The van der Waals surface area contributed by atoms with Crippen LogP contribution in [-0.2, 0) is 17.7 Å². The summed E-state index contributed by atoms with van der Waals surface area (Å²) in [6, 6.07) is 10.8. The number of hydrogen-bond donors (Lipinski definition) is 0. The molecule has 1 aromatic carbocycles. The van der Waals surface area contributed by atoms with Crippen molar-refractivity contribution in [3.63, 3.8) is 0 Å². The van der Waals surface area contributed by atoms with Gasteiger partial charge in [-0.05, 0) is 47.4 Å². The van der Waals surface area contributed by atoms with Gasteiger partial charge in [-0.1, -0.05) is 18.2 Å². The maximum atomic E-state index is 12.4. The summed E-state index contributed by atoms with van der Waals surface area (Å²) < 4.78 is 7.77. The SMILES string of the molecule is CCn1c2c(c3ccccc31)CC1COC(=O)N1C2c1ccsc1. The highest BCUT2D eigenvalue weighted by Crippen LogP contribution is 2.44. The highest BCUT2D eigenvalue weighted by atomic mass is 32.1. The normalized spacial score (nSPS) is 22.5. The van der Waals surface area contributed by atoms with E-state index in [4.69, 9.17) is 4.74 Å². The quantitative estimate of drug-likeness (QED) is 0.702. The molecule has 122 valence electrons. The van der Waals surface area contributed by atoms with Crippen LogP contribution in [0.1, 0.15) is 29.8 Å². The largest absolute Gasteiger partial charge is 0.447 e. The number of benzene rings is 1. The first-order valence-corrected chi connectivity index (χ1v) is 9.31. The molecule has 1 amide bonds. The number of rotatable bonds is 2. The van der Waals surface area contributed by atoms with Crippen LogP contribution in [0.4, 0.5) is 4.79 Å². The Morgan fingerprint density at radius 2 is 2.17 bits per heavy atom. The number of aromatic nitrogens is 1. The van der Waals surface area contributed by atoms with Crippen LogP contribution >= 0.6 is 11.3 Å². The standard InChI is InChI=1S/C19H18N2O2S/c1-2-20-16-6-4-3-5-14(16)15-9-13-10-23-19(22)21(13)17(18(15)20)12-7-8-24-11-12/h3-8,11,13,17H,2,9-10H2,1H3. The van der Waals surface area contributed by atoms with Gasteiger partial charge in [-0.2, -0.15) is 11.3 Å². The van der Waals surface area contributed by atoms with E-state index in [0.29, 0.717) is 6.61 Å². The Labute approximate surface area is 144 Å². The number of cyclic esters (lactones) is 1. The lowest BCUT2D eigenvalue weighted by molar-refractivity contribution is 0.146. The number of hydrogen-bond acceptors (Lipinski definition) is 3. The van der Waals surface area contributed by atoms with E-state index in [-0.39, 0.29) is 18.2 Å². The Kier molecular flexibility index (Phi) is 3.00. The number of nitrogens with zero attached hydrogens (tertiary/aromatic N) is 2. The molecule has 4 heterocycles. The molecule has 5 heteroatoms. The Balaban J connectivity index is 1.84. The van der Waals surface area contributed by atoms with Crippen molar-refractivity contribution in [3.8, 4) is 0 Å². The summed E-state index contributed by atoms with van der Waals surface area (Å²) >= 11 is 1.68. The lowest BCUT2D eigenvalue weighted by Gasteiger charge is -2.36. The van der Waals surface area contributed by atoms with E-state index in [1.165, 1.54) is 27.7 Å². The molecule has 4 nitrogen and oxygen atoms in total. The lowest BCUT2D eigenvalue weighted by atomic mass is 9.90. The van der Waals surface area contributed by atoms with Crippen LogP contribution < -0.4 is 0 Å². The summed E-state index contributed by atoms with van der Waals surface area (Å²) in [5.74, 6) is 0. The third-order valence-electron chi connectivity index (χ3n) is 5.28. The fourth-order valence-corrected chi connectivity index (χ4v) is 5.00. The van der Waals surface area contributed by atoms with Gasteiger partial charge in [-0.3, -0.25) is 4.90 Å². The molecule has 2 aliphatic heterocycles. The number of thiophene rings is 1. The lowest BCUT2D eigenvalue weighted by Crippen LogP contribution is -2.43. The van der Waals surface area contributed by atoms with Gasteiger partial charge in [0.05, 0.1) is 6.04 Å². The highest BCUT2D eigenvalue weighted by Gasteiger charge is 2.46. The van der Waals surface area contributed by atoms with E-state index in [1.807, 2.05) is 4.90 Å². The topological polar surface area (TPSA) is 34.5 Å². The van der Waals surface area contributed by atoms with Gasteiger partial charge >= 0.3 is 6.09 Å². The summed E-state index contributed by atoms with van der Waals surface area (Å²) in [4.78, 5) is 14.4. The zero-order valence-electron chi connectivity index (χ0n) is 13.4. The van der Waals surface area contributed by atoms with Crippen LogP contribution in [0.2, 0.25) is 0 Å². The average molecular weight is 338 g/mol. The van der Waals surface area contributed by atoms with Gasteiger partial charge in [0.2, 0.25) is 0 Å². The number of fused-ring (bicyclic) bond motifs is 4. The van der Waals surface area contributed by atoms with Crippen LogP contribution in [0, 0.1) is 0 Å². The number of amides is 1. The monoisotopic (exact) mass is 338 g/mol. The van der Waals surface area contributed by atoms with Crippen molar-refractivity contribution in [2.24, 2.45) is 0 Å². The second kappa shape index (κ2) is 5.11. The molecule has 1 fully saturated rings. The molecule has 24 heavy (non-hydrogen) atoms. The van der Waals surface area contributed by atoms with Gasteiger partial charge in [-0.15, -0.1) is 0 Å². The van der Waals surface area contributed by atoms with Gasteiger partial charge in [0.1, 0.15) is 12.6 Å². The van der Waals surface area contributed by atoms with Gasteiger partial charge in [0.15, 0.2) is 0 Å². The smallest absolute Gasteiger partial charge is 0.411 e. The van der Waals surface area contributed by atoms with E-state index < -0.39 is 0 Å². The molecule has 2 aliphatic rings. The van der Waals surface area contributed by atoms with Gasteiger partial charge < -0.3 is 9.30 Å². The molecule has 3 aromatic rings. The number of ether oxygens (including phenoxy) is 1. The van der Waals surface area contributed by atoms with Crippen LogP contribution in [0.3, 0.4) is 0 Å². The second-order valence-electron chi connectivity index (χ2n) is 6.43. The van der Waals surface area contributed by atoms with Crippen molar-refractivity contribution in [2.45, 2.75) is 32.0 Å². The molecule has 0 spiro atoms. The third-order valence-corrected chi connectivity index (χ3v) is 5.98. The van der Waals surface area contributed by atoms with Crippen molar-refractivity contribution in [2.75, 3.05) is 6.61 Å². The number of para-hydroxylation sites is 1. The molecule has 2 unspecified atom stereocenters. The van der Waals surface area contributed by atoms with Crippen LogP contribution in [0.25, 0.3) is 10.9 Å². The predicted molar refractivity (Wildman–Crippen MR) is 94.5 cm³/mol. The number of carbonyl (C=O) groups excluding carboxylic acids is 1. The molecular formula is C19H18N2O2S.